The van der Waals surface area contributed by atoms with Crippen LogP contribution in [0.3, 0.4) is 0 Å². The van der Waals surface area contributed by atoms with Crippen LogP contribution >= 0.6 is 22.7 Å². The number of hydrogen-bond acceptors (Lipinski definition) is 7. The highest BCUT2D eigenvalue weighted by atomic mass is 32.1. The second kappa shape index (κ2) is 9.44. The molecule has 1 fully saturated rings. The number of urea groups is 1. The van der Waals surface area contributed by atoms with Gasteiger partial charge in [-0.05, 0) is 38.3 Å². The first-order chi connectivity index (χ1) is 14.6. The Morgan fingerprint density at radius 1 is 1.17 bits per heavy atom. The molecule has 0 unspecified atom stereocenters. The Bertz CT molecular complexity index is 1030. The summed E-state index contributed by atoms with van der Waals surface area (Å²) in [4.78, 5) is 30.8. The molecule has 2 amide bonds. The van der Waals surface area contributed by atoms with Crippen molar-refractivity contribution < 1.29 is 9.59 Å². The number of carbonyl (C=O) groups excluding carboxylic acids is 2. The molecule has 7 nitrogen and oxygen atoms in total. The van der Waals surface area contributed by atoms with E-state index in [1.165, 1.54) is 22.7 Å². The van der Waals surface area contributed by atoms with Crippen LogP contribution < -0.4 is 10.6 Å². The van der Waals surface area contributed by atoms with E-state index in [0.29, 0.717) is 16.4 Å². The molecule has 9 heteroatoms. The van der Waals surface area contributed by atoms with Crippen LogP contribution in [-0.4, -0.2) is 27.0 Å². The van der Waals surface area contributed by atoms with Crippen molar-refractivity contribution in [1.29, 1.82) is 0 Å². The van der Waals surface area contributed by atoms with Gasteiger partial charge in [0, 0.05) is 29.0 Å². The first kappa shape index (κ1) is 20.6. The molecule has 1 aliphatic rings. The predicted molar refractivity (Wildman–Crippen MR) is 120 cm³/mol. The van der Waals surface area contributed by atoms with E-state index < -0.39 is 6.03 Å². The predicted octanol–water partition coefficient (Wildman–Crippen LogP) is 5.11. The fourth-order valence-electron chi connectivity index (χ4n) is 3.65. The first-order valence-corrected chi connectivity index (χ1v) is 11.7. The van der Waals surface area contributed by atoms with Crippen LogP contribution in [0.4, 0.5) is 15.6 Å². The van der Waals surface area contributed by atoms with Gasteiger partial charge in [-0.25, -0.2) is 9.78 Å². The lowest BCUT2D eigenvalue weighted by atomic mass is 9.94. The van der Waals surface area contributed by atoms with E-state index in [0.717, 1.165) is 54.0 Å². The Balaban J connectivity index is 1.39. The summed E-state index contributed by atoms with van der Waals surface area (Å²) in [5, 5.41) is 15.0. The maximum Gasteiger partial charge on any atom is 0.325 e. The van der Waals surface area contributed by atoms with Crippen molar-refractivity contribution in [2.24, 2.45) is 5.92 Å². The number of hydrogen-bond donors (Lipinski definition) is 2. The highest BCUT2D eigenvalue weighted by Crippen LogP contribution is 2.31. The van der Waals surface area contributed by atoms with Crippen molar-refractivity contribution >= 4 is 45.3 Å². The summed E-state index contributed by atoms with van der Waals surface area (Å²) >= 11 is 2.96. The lowest BCUT2D eigenvalue weighted by Crippen LogP contribution is -2.22. The van der Waals surface area contributed by atoms with Gasteiger partial charge in [-0.2, -0.15) is 0 Å². The van der Waals surface area contributed by atoms with Crippen LogP contribution in [-0.2, 0) is 12.8 Å². The standard InChI is InChI=1S/C21H23N5O2S2/c1-13-6-8-17(16(10-13)19(27)14-4-2-3-5-14)24-20(28)25-21-22-11-15(30-21)7-9-18-26-23-12-29-18/h6,8,10-12,14H,2-5,7,9H2,1H3,(H2,22,24,25,28). The fourth-order valence-corrected chi connectivity index (χ4v) is 4.98. The van der Waals surface area contributed by atoms with Gasteiger partial charge < -0.3 is 5.32 Å². The fraction of sp³-hybridized carbons (Fsp3) is 0.381. The van der Waals surface area contributed by atoms with Crippen molar-refractivity contribution in [1.82, 2.24) is 15.2 Å². The van der Waals surface area contributed by atoms with Crippen LogP contribution in [0.1, 0.15) is 51.5 Å². The summed E-state index contributed by atoms with van der Waals surface area (Å²) in [6.07, 6.45) is 7.41. The molecule has 30 heavy (non-hydrogen) atoms. The topological polar surface area (TPSA) is 96.9 Å². The molecule has 1 saturated carbocycles. The van der Waals surface area contributed by atoms with Gasteiger partial charge in [0.2, 0.25) is 0 Å². The number of benzene rings is 1. The molecule has 1 aromatic carbocycles. The van der Waals surface area contributed by atoms with Crippen molar-refractivity contribution in [3.05, 3.63) is 50.9 Å². The highest BCUT2D eigenvalue weighted by Gasteiger charge is 2.26. The highest BCUT2D eigenvalue weighted by molar-refractivity contribution is 7.15. The molecule has 0 spiro atoms. The summed E-state index contributed by atoms with van der Waals surface area (Å²) in [6.45, 7) is 1.95. The molecule has 0 atom stereocenters. The summed E-state index contributed by atoms with van der Waals surface area (Å²) in [5.41, 5.74) is 3.86. The normalized spacial score (nSPS) is 14.0. The molecule has 2 N–H and O–H groups in total. The molecule has 0 bridgehead atoms. The molecule has 1 aliphatic carbocycles. The Kier molecular flexibility index (Phi) is 6.49. The number of thiazole rings is 1. The monoisotopic (exact) mass is 441 g/mol. The van der Waals surface area contributed by atoms with Gasteiger partial charge in [-0.15, -0.1) is 32.9 Å². The third-order valence-electron chi connectivity index (χ3n) is 5.18. The number of carbonyl (C=O) groups is 2. The van der Waals surface area contributed by atoms with Gasteiger partial charge in [0.1, 0.15) is 10.5 Å². The van der Waals surface area contributed by atoms with Crippen LogP contribution in [0.2, 0.25) is 0 Å². The molecular weight excluding hydrogens is 418 g/mol. The number of aryl methyl sites for hydroxylation is 3. The zero-order valence-corrected chi connectivity index (χ0v) is 18.3. The SMILES string of the molecule is Cc1ccc(NC(=O)Nc2ncc(CCc3nncs3)s2)c(C(=O)C2CCCC2)c1. The lowest BCUT2D eigenvalue weighted by molar-refractivity contribution is 0.0923. The number of Topliss-reactive ketones (excluding diaryl/α,β-unsaturated/α-hetero) is 1. The van der Waals surface area contributed by atoms with E-state index in [4.69, 9.17) is 0 Å². The minimum absolute atomic E-state index is 0.0602. The van der Waals surface area contributed by atoms with Crippen molar-refractivity contribution in [2.75, 3.05) is 10.6 Å². The number of amides is 2. The van der Waals surface area contributed by atoms with E-state index in [9.17, 15) is 9.59 Å². The van der Waals surface area contributed by atoms with Gasteiger partial charge in [0.05, 0.1) is 5.69 Å². The summed E-state index contributed by atoms with van der Waals surface area (Å²) < 4.78 is 0. The molecule has 156 valence electrons. The third kappa shape index (κ3) is 5.09. The molecule has 3 aromatic rings. The minimum atomic E-state index is -0.399. The summed E-state index contributed by atoms with van der Waals surface area (Å²) in [7, 11) is 0. The minimum Gasteiger partial charge on any atom is -0.307 e. The molecule has 0 aliphatic heterocycles. The third-order valence-corrected chi connectivity index (χ3v) is 6.91. The van der Waals surface area contributed by atoms with Crippen molar-refractivity contribution in [3.63, 3.8) is 0 Å². The van der Waals surface area contributed by atoms with E-state index in [2.05, 4.69) is 25.8 Å². The van der Waals surface area contributed by atoms with Crippen LogP contribution in [0.5, 0.6) is 0 Å². The Hall–Kier alpha value is -2.65. The van der Waals surface area contributed by atoms with Gasteiger partial charge in [0.25, 0.3) is 0 Å². The Labute approximate surface area is 183 Å². The van der Waals surface area contributed by atoms with Crippen LogP contribution in [0, 0.1) is 12.8 Å². The lowest BCUT2D eigenvalue weighted by Gasteiger charge is -2.14. The second-order valence-electron chi connectivity index (χ2n) is 7.44. The smallest absolute Gasteiger partial charge is 0.307 e. The zero-order chi connectivity index (χ0) is 20.9. The quantitative estimate of drug-likeness (QED) is 0.497. The molecule has 4 rings (SSSR count). The van der Waals surface area contributed by atoms with Crippen molar-refractivity contribution in [3.8, 4) is 0 Å². The number of ketones is 1. The first-order valence-electron chi connectivity index (χ1n) is 10.0. The summed E-state index contributed by atoms with van der Waals surface area (Å²) in [6, 6.07) is 5.16. The van der Waals surface area contributed by atoms with Crippen LogP contribution in [0.25, 0.3) is 0 Å². The maximum absolute atomic E-state index is 12.9. The van der Waals surface area contributed by atoms with Gasteiger partial charge in [-0.1, -0.05) is 24.5 Å². The van der Waals surface area contributed by atoms with Crippen molar-refractivity contribution in [2.45, 2.75) is 45.4 Å². The maximum atomic E-state index is 12.9. The number of nitrogens with one attached hydrogen (secondary N) is 2. The molecule has 2 heterocycles. The van der Waals surface area contributed by atoms with E-state index in [1.807, 2.05) is 19.1 Å². The van der Waals surface area contributed by atoms with E-state index >= 15 is 0 Å². The molecule has 0 saturated heterocycles. The Morgan fingerprint density at radius 3 is 2.77 bits per heavy atom. The number of anilines is 2. The molecular formula is C21H23N5O2S2. The van der Waals surface area contributed by atoms with Gasteiger partial charge in [0.15, 0.2) is 10.9 Å². The van der Waals surface area contributed by atoms with Crippen LogP contribution in [0.15, 0.2) is 29.9 Å². The second-order valence-corrected chi connectivity index (χ2v) is 9.47. The largest absolute Gasteiger partial charge is 0.325 e. The number of aromatic nitrogens is 3. The molecule has 0 radical (unpaired) electrons. The van der Waals surface area contributed by atoms with E-state index in [1.54, 1.807) is 17.8 Å². The number of nitrogens with zero attached hydrogens (tertiary/aromatic N) is 3. The molecule has 2 aromatic heterocycles. The van der Waals surface area contributed by atoms with E-state index in [-0.39, 0.29) is 11.7 Å². The Morgan fingerprint density at radius 2 is 2.00 bits per heavy atom. The number of rotatable bonds is 7. The zero-order valence-electron chi connectivity index (χ0n) is 16.7. The van der Waals surface area contributed by atoms with Gasteiger partial charge >= 0.3 is 6.03 Å². The average Bonchev–Trinajstić information content (AvgIpc) is 3.50. The summed E-state index contributed by atoms with van der Waals surface area (Å²) in [5.74, 6) is 0.185. The van der Waals surface area contributed by atoms with Gasteiger partial charge in [-0.3, -0.25) is 10.1 Å². The average molecular weight is 442 g/mol.